The summed E-state index contributed by atoms with van der Waals surface area (Å²) < 4.78 is 11.1. The lowest BCUT2D eigenvalue weighted by Gasteiger charge is -2.21. The summed E-state index contributed by atoms with van der Waals surface area (Å²) in [5.41, 5.74) is 0. The van der Waals surface area contributed by atoms with E-state index in [1.165, 1.54) is 57.8 Å². The van der Waals surface area contributed by atoms with Crippen LogP contribution < -0.4 is 0 Å². The van der Waals surface area contributed by atoms with Crippen LogP contribution in [0.15, 0.2) is 0 Å². The standard InChI is InChI=1S/C15H29BrO2/c16-10-6-4-2-1-3-5-7-11-18-14-15-8-12-17-13-9-15/h15H,1-14H2. The Morgan fingerprint density at radius 3 is 2.17 bits per heavy atom. The van der Waals surface area contributed by atoms with Gasteiger partial charge in [-0.1, -0.05) is 48.0 Å². The van der Waals surface area contributed by atoms with E-state index in [1.54, 1.807) is 0 Å². The molecule has 0 radical (unpaired) electrons. The highest BCUT2D eigenvalue weighted by molar-refractivity contribution is 9.09. The quantitative estimate of drug-likeness (QED) is 0.410. The first-order valence-corrected chi connectivity index (χ1v) is 8.77. The number of hydrogen-bond donors (Lipinski definition) is 0. The van der Waals surface area contributed by atoms with E-state index in [4.69, 9.17) is 9.47 Å². The molecular formula is C15H29BrO2. The van der Waals surface area contributed by atoms with Crippen LogP contribution in [0.2, 0.25) is 0 Å². The van der Waals surface area contributed by atoms with Crippen LogP contribution >= 0.6 is 15.9 Å². The normalized spacial score (nSPS) is 17.2. The predicted molar refractivity (Wildman–Crippen MR) is 80.5 cm³/mol. The molecule has 0 saturated carbocycles. The van der Waals surface area contributed by atoms with Gasteiger partial charge in [-0.3, -0.25) is 0 Å². The average Bonchev–Trinajstić information content (AvgIpc) is 2.42. The minimum absolute atomic E-state index is 0.753. The van der Waals surface area contributed by atoms with E-state index in [9.17, 15) is 0 Å². The van der Waals surface area contributed by atoms with Gasteiger partial charge in [0, 0.05) is 31.8 Å². The van der Waals surface area contributed by atoms with Gasteiger partial charge >= 0.3 is 0 Å². The van der Waals surface area contributed by atoms with Crippen LogP contribution in [0, 0.1) is 5.92 Å². The second-order valence-corrected chi connectivity index (χ2v) is 6.09. The maximum atomic E-state index is 5.76. The maximum absolute atomic E-state index is 5.76. The minimum atomic E-state index is 0.753. The highest BCUT2D eigenvalue weighted by Crippen LogP contribution is 2.15. The summed E-state index contributed by atoms with van der Waals surface area (Å²) in [5.74, 6) is 0.753. The molecule has 0 aromatic rings. The third kappa shape index (κ3) is 9.35. The van der Waals surface area contributed by atoms with Crippen molar-refractivity contribution in [1.82, 2.24) is 0 Å². The SMILES string of the molecule is BrCCCCCCCCCOCC1CCOCC1. The van der Waals surface area contributed by atoms with Crippen molar-refractivity contribution in [2.24, 2.45) is 5.92 Å². The third-order valence-corrected chi connectivity index (χ3v) is 4.18. The number of halogens is 1. The van der Waals surface area contributed by atoms with Gasteiger partial charge in [0.05, 0.1) is 0 Å². The fraction of sp³-hybridized carbons (Fsp3) is 1.00. The molecule has 0 atom stereocenters. The zero-order valence-electron chi connectivity index (χ0n) is 11.7. The second-order valence-electron chi connectivity index (χ2n) is 5.29. The van der Waals surface area contributed by atoms with Crippen LogP contribution in [-0.2, 0) is 9.47 Å². The van der Waals surface area contributed by atoms with E-state index in [0.29, 0.717) is 0 Å². The number of rotatable bonds is 11. The van der Waals surface area contributed by atoms with Crippen LogP contribution in [0.25, 0.3) is 0 Å². The molecule has 1 saturated heterocycles. The fourth-order valence-corrected chi connectivity index (χ4v) is 2.74. The Morgan fingerprint density at radius 1 is 0.889 bits per heavy atom. The Hall–Kier alpha value is 0.400. The molecule has 0 bridgehead atoms. The van der Waals surface area contributed by atoms with E-state index >= 15 is 0 Å². The molecule has 1 aliphatic heterocycles. The summed E-state index contributed by atoms with van der Waals surface area (Å²) in [4.78, 5) is 0. The van der Waals surface area contributed by atoms with Crippen LogP contribution in [0.1, 0.15) is 57.8 Å². The van der Waals surface area contributed by atoms with Gasteiger partial charge in [0.25, 0.3) is 0 Å². The lowest BCUT2D eigenvalue weighted by atomic mass is 10.0. The van der Waals surface area contributed by atoms with E-state index in [0.717, 1.165) is 37.7 Å². The minimum Gasteiger partial charge on any atom is -0.381 e. The van der Waals surface area contributed by atoms with Crippen molar-refractivity contribution >= 4 is 15.9 Å². The molecule has 0 amide bonds. The van der Waals surface area contributed by atoms with Crippen molar-refractivity contribution in [3.63, 3.8) is 0 Å². The molecule has 18 heavy (non-hydrogen) atoms. The van der Waals surface area contributed by atoms with E-state index in [-0.39, 0.29) is 0 Å². The van der Waals surface area contributed by atoms with Crippen LogP contribution in [0.5, 0.6) is 0 Å². The van der Waals surface area contributed by atoms with Crippen molar-refractivity contribution in [2.45, 2.75) is 57.8 Å². The first-order chi connectivity index (χ1) is 8.93. The van der Waals surface area contributed by atoms with Crippen LogP contribution in [-0.4, -0.2) is 31.8 Å². The number of unbranched alkanes of at least 4 members (excludes halogenated alkanes) is 6. The van der Waals surface area contributed by atoms with Crippen molar-refractivity contribution < 1.29 is 9.47 Å². The Bertz CT molecular complexity index is 170. The van der Waals surface area contributed by atoms with Gasteiger partial charge in [-0.2, -0.15) is 0 Å². The molecular weight excluding hydrogens is 292 g/mol. The van der Waals surface area contributed by atoms with E-state index < -0.39 is 0 Å². The van der Waals surface area contributed by atoms with Crippen LogP contribution in [0.4, 0.5) is 0 Å². The largest absolute Gasteiger partial charge is 0.381 e. The second kappa shape index (κ2) is 12.4. The molecule has 1 rings (SSSR count). The molecule has 0 N–H and O–H groups in total. The number of hydrogen-bond acceptors (Lipinski definition) is 2. The Balaban J connectivity index is 1.73. The summed E-state index contributed by atoms with van der Waals surface area (Å²) in [7, 11) is 0. The topological polar surface area (TPSA) is 18.5 Å². The first-order valence-electron chi connectivity index (χ1n) is 7.65. The zero-order chi connectivity index (χ0) is 12.9. The molecule has 1 heterocycles. The van der Waals surface area contributed by atoms with Gasteiger partial charge in [0.15, 0.2) is 0 Å². The van der Waals surface area contributed by atoms with Gasteiger partial charge < -0.3 is 9.47 Å². The molecule has 108 valence electrons. The molecule has 2 nitrogen and oxygen atoms in total. The highest BCUT2D eigenvalue weighted by Gasteiger charge is 2.13. The van der Waals surface area contributed by atoms with Crippen molar-refractivity contribution in [2.75, 3.05) is 31.8 Å². The number of alkyl halides is 1. The molecule has 1 aliphatic rings. The molecule has 0 aliphatic carbocycles. The molecule has 0 spiro atoms. The van der Waals surface area contributed by atoms with Gasteiger partial charge in [-0.25, -0.2) is 0 Å². The lowest BCUT2D eigenvalue weighted by molar-refractivity contribution is 0.0198. The van der Waals surface area contributed by atoms with Gasteiger partial charge in [0.1, 0.15) is 0 Å². The summed E-state index contributed by atoms with van der Waals surface area (Å²) in [5, 5.41) is 1.16. The smallest absolute Gasteiger partial charge is 0.0495 e. The average molecular weight is 321 g/mol. The summed E-state index contributed by atoms with van der Waals surface area (Å²) in [6.07, 6.45) is 11.8. The fourth-order valence-electron chi connectivity index (χ4n) is 2.35. The molecule has 0 unspecified atom stereocenters. The third-order valence-electron chi connectivity index (χ3n) is 3.62. The van der Waals surface area contributed by atoms with Gasteiger partial charge in [0.2, 0.25) is 0 Å². The Kier molecular flexibility index (Phi) is 11.4. The van der Waals surface area contributed by atoms with Gasteiger partial charge in [-0.15, -0.1) is 0 Å². The summed E-state index contributed by atoms with van der Waals surface area (Å²) in [6, 6.07) is 0. The lowest BCUT2D eigenvalue weighted by Crippen LogP contribution is -2.20. The molecule has 0 aromatic carbocycles. The predicted octanol–water partition coefficient (Wildman–Crippen LogP) is 4.56. The van der Waals surface area contributed by atoms with Crippen molar-refractivity contribution in [3.8, 4) is 0 Å². The maximum Gasteiger partial charge on any atom is 0.0495 e. The van der Waals surface area contributed by atoms with Crippen molar-refractivity contribution in [3.05, 3.63) is 0 Å². The highest BCUT2D eigenvalue weighted by atomic mass is 79.9. The summed E-state index contributed by atoms with van der Waals surface area (Å²) in [6.45, 7) is 3.78. The molecule has 1 fully saturated rings. The zero-order valence-corrected chi connectivity index (χ0v) is 13.3. The molecule has 3 heteroatoms. The number of ether oxygens (including phenoxy) is 2. The molecule has 0 aromatic heterocycles. The monoisotopic (exact) mass is 320 g/mol. The van der Waals surface area contributed by atoms with Crippen molar-refractivity contribution in [1.29, 1.82) is 0 Å². The van der Waals surface area contributed by atoms with Gasteiger partial charge in [-0.05, 0) is 31.6 Å². The van der Waals surface area contributed by atoms with E-state index in [1.807, 2.05) is 0 Å². The summed E-state index contributed by atoms with van der Waals surface area (Å²) >= 11 is 3.47. The first kappa shape index (κ1) is 16.5. The Labute approximate surface area is 121 Å². The Morgan fingerprint density at radius 2 is 1.50 bits per heavy atom. The van der Waals surface area contributed by atoms with E-state index in [2.05, 4.69) is 15.9 Å². The van der Waals surface area contributed by atoms with Crippen LogP contribution in [0.3, 0.4) is 0 Å².